The van der Waals surface area contributed by atoms with Crippen molar-refractivity contribution >= 4 is 39.3 Å². The molecule has 7 nitrogen and oxygen atoms in total. The number of hydrogen-bond donors (Lipinski definition) is 0. The van der Waals surface area contributed by atoms with Crippen LogP contribution in [0.2, 0.25) is 10.0 Å². The first-order valence-electron chi connectivity index (χ1n) is 8.39. The fourth-order valence-electron chi connectivity index (χ4n) is 3.11. The van der Waals surface area contributed by atoms with Gasteiger partial charge in [-0.25, -0.2) is 0 Å². The smallest absolute Gasteiger partial charge is 0.323 e. The van der Waals surface area contributed by atoms with Crippen molar-refractivity contribution in [3.63, 3.8) is 0 Å². The quantitative estimate of drug-likeness (QED) is 0.499. The second kappa shape index (κ2) is 8.75. The van der Waals surface area contributed by atoms with Crippen LogP contribution < -0.4 is 0 Å². The lowest BCUT2D eigenvalue weighted by Gasteiger charge is -2.21. The number of pyridine rings is 1. The normalized spacial score (nSPS) is 20.2. The van der Waals surface area contributed by atoms with Crippen molar-refractivity contribution < 1.29 is 22.1 Å². The van der Waals surface area contributed by atoms with E-state index >= 15 is 0 Å². The van der Waals surface area contributed by atoms with E-state index in [0.29, 0.717) is 6.54 Å². The molecule has 1 aromatic carbocycles. The van der Waals surface area contributed by atoms with Crippen LogP contribution >= 0.6 is 23.2 Å². The minimum Gasteiger partial charge on any atom is -0.468 e. The predicted molar refractivity (Wildman–Crippen MR) is 104 cm³/mol. The second-order valence-corrected chi connectivity index (χ2v) is 8.70. The predicted octanol–water partition coefficient (Wildman–Crippen LogP) is 2.91. The highest BCUT2D eigenvalue weighted by Gasteiger charge is 2.40. The number of nitrogens with zero attached hydrogens (tertiary/aromatic N) is 2. The van der Waals surface area contributed by atoms with Crippen LogP contribution in [0.5, 0.6) is 0 Å². The van der Waals surface area contributed by atoms with Crippen LogP contribution in [0.4, 0.5) is 0 Å². The zero-order valence-corrected chi connectivity index (χ0v) is 17.2. The van der Waals surface area contributed by atoms with Crippen molar-refractivity contribution in [3.8, 4) is 0 Å². The van der Waals surface area contributed by atoms with E-state index < -0.39 is 28.2 Å². The number of esters is 1. The van der Waals surface area contributed by atoms with Crippen molar-refractivity contribution in [3.05, 3.63) is 58.3 Å². The van der Waals surface area contributed by atoms with Crippen molar-refractivity contribution in [1.82, 2.24) is 9.88 Å². The van der Waals surface area contributed by atoms with Crippen molar-refractivity contribution in [2.75, 3.05) is 13.7 Å². The molecule has 0 spiro atoms. The summed E-state index contributed by atoms with van der Waals surface area (Å²) in [7, 11) is -2.86. The lowest BCUT2D eigenvalue weighted by molar-refractivity contribution is -0.146. The molecule has 1 aromatic heterocycles. The van der Waals surface area contributed by atoms with Crippen LogP contribution in [0.3, 0.4) is 0 Å². The van der Waals surface area contributed by atoms with E-state index in [1.807, 2.05) is 11.0 Å². The Morgan fingerprint density at radius 2 is 2.11 bits per heavy atom. The van der Waals surface area contributed by atoms with E-state index in [1.54, 1.807) is 18.5 Å². The lowest BCUT2D eigenvalue weighted by atomic mass is 10.2. The summed E-state index contributed by atoms with van der Waals surface area (Å²) in [5.74, 6) is -0.451. The first-order valence-corrected chi connectivity index (χ1v) is 10.6. The van der Waals surface area contributed by atoms with Gasteiger partial charge in [-0.3, -0.25) is 18.9 Å². The molecule has 0 N–H and O–H groups in total. The molecule has 0 amide bonds. The fourth-order valence-corrected chi connectivity index (χ4v) is 4.93. The summed E-state index contributed by atoms with van der Waals surface area (Å²) in [6.45, 7) is 0.636. The summed E-state index contributed by atoms with van der Waals surface area (Å²) in [6, 6.07) is 7.15. The van der Waals surface area contributed by atoms with Crippen LogP contribution in [0.25, 0.3) is 0 Å². The molecular weight excluding hydrogens is 427 g/mol. The molecule has 28 heavy (non-hydrogen) atoms. The lowest BCUT2D eigenvalue weighted by Crippen LogP contribution is -2.36. The maximum absolute atomic E-state index is 12.7. The number of halogens is 2. The van der Waals surface area contributed by atoms with E-state index in [4.69, 9.17) is 32.1 Å². The molecule has 1 fully saturated rings. The second-order valence-electron chi connectivity index (χ2n) is 6.31. The summed E-state index contributed by atoms with van der Waals surface area (Å²) in [4.78, 5) is 17.8. The Hall–Kier alpha value is -1.71. The van der Waals surface area contributed by atoms with E-state index in [9.17, 15) is 13.2 Å². The van der Waals surface area contributed by atoms with Gasteiger partial charge in [-0.05, 0) is 29.8 Å². The van der Waals surface area contributed by atoms with Gasteiger partial charge in [0, 0.05) is 36.9 Å². The average molecular weight is 445 g/mol. The van der Waals surface area contributed by atoms with Gasteiger partial charge in [0.2, 0.25) is 0 Å². The summed E-state index contributed by atoms with van der Waals surface area (Å²) >= 11 is 11.9. The van der Waals surface area contributed by atoms with Crippen LogP contribution in [0, 0.1) is 0 Å². The third kappa shape index (κ3) is 4.82. The number of aromatic nitrogens is 1. The van der Waals surface area contributed by atoms with E-state index in [1.165, 1.54) is 25.3 Å². The fraction of sp³-hybridized carbons (Fsp3) is 0.333. The number of hydrogen-bond acceptors (Lipinski definition) is 7. The number of carbonyl (C=O) groups is 1. The zero-order valence-electron chi connectivity index (χ0n) is 14.9. The maximum atomic E-state index is 12.7. The van der Waals surface area contributed by atoms with Gasteiger partial charge in [0.15, 0.2) is 0 Å². The number of methoxy groups -OCH3 is 1. The molecule has 2 heterocycles. The summed E-state index contributed by atoms with van der Waals surface area (Å²) < 4.78 is 35.6. The highest BCUT2D eigenvalue weighted by molar-refractivity contribution is 7.87. The van der Waals surface area contributed by atoms with Gasteiger partial charge < -0.3 is 4.74 Å². The molecule has 0 saturated carbocycles. The summed E-state index contributed by atoms with van der Waals surface area (Å²) in [5.41, 5.74) is 0.887. The Labute approximate surface area is 173 Å². The Morgan fingerprint density at radius 1 is 1.32 bits per heavy atom. The van der Waals surface area contributed by atoms with Gasteiger partial charge in [-0.15, -0.1) is 0 Å². The largest absolute Gasteiger partial charge is 0.468 e. The van der Waals surface area contributed by atoms with Gasteiger partial charge in [0.05, 0.1) is 18.2 Å². The Morgan fingerprint density at radius 3 is 2.79 bits per heavy atom. The topological polar surface area (TPSA) is 85.8 Å². The first-order chi connectivity index (χ1) is 13.3. The number of ether oxygens (including phenoxy) is 1. The molecule has 1 saturated heterocycles. The molecule has 10 heteroatoms. The van der Waals surface area contributed by atoms with Crippen LogP contribution in [-0.4, -0.2) is 50.1 Å². The van der Waals surface area contributed by atoms with Gasteiger partial charge in [0.1, 0.15) is 10.9 Å². The van der Waals surface area contributed by atoms with Gasteiger partial charge in [-0.1, -0.05) is 29.3 Å². The molecule has 150 valence electrons. The third-order valence-electron chi connectivity index (χ3n) is 4.37. The van der Waals surface area contributed by atoms with Crippen molar-refractivity contribution in [2.45, 2.75) is 30.0 Å². The number of benzene rings is 1. The Kier molecular flexibility index (Phi) is 6.57. The number of carbonyl (C=O) groups excluding carboxylic acids is 1. The molecule has 0 radical (unpaired) electrons. The molecule has 1 aliphatic rings. The molecule has 2 atom stereocenters. The molecule has 3 rings (SSSR count). The van der Waals surface area contributed by atoms with Gasteiger partial charge in [-0.2, -0.15) is 8.42 Å². The molecular formula is C18H18Cl2N2O5S. The molecule has 1 aliphatic heterocycles. The highest BCUT2D eigenvalue weighted by Crippen LogP contribution is 2.30. The maximum Gasteiger partial charge on any atom is 0.323 e. The van der Waals surface area contributed by atoms with Crippen molar-refractivity contribution in [2.24, 2.45) is 0 Å². The van der Waals surface area contributed by atoms with Crippen LogP contribution in [-0.2, 0) is 30.4 Å². The molecule has 0 unspecified atom stereocenters. The molecule has 0 aliphatic carbocycles. The third-order valence-corrected chi connectivity index (χ3v) is 6.45. The van der Waals surface area contributed by atoms with Gasteiger partial charge >= 0.3 is 5.97 Å². The van der Waals surface area contributed by atoms with E-state index in [2.05, 4.69) is 4.98 Å². The van der Waals surface area contributed by atoms with E-state index in [-0.39, 0.29) is 27.9 Å². The number of likely N-dealkylation sites (tertiary alicyclic amines) is 1. The van der Waals surface area contributed by atoms with Crippen LogP contribution in [0.1, 0.15) is 12.0 Å². The highest BCUT2D eigenvalue weighted by atomic mass is 35.5. The zero-order chi connectivity index (χ0) is 20.3. The Balaban J connectivity index is 1.79. The van der Waals surface area contributed by atoms with Crippen LogP contribution in [0.15, 0.2) is 47.6 Å². The SMILES string of the molecule is COC(=O)[C@@H]1C[C@H](OS(=O)(=O)c2cc(Cl)ccc2Cl)CN1Cc1cccnc1. The first kappa shape index (κ1) is 21.0. The molecule has 0 bridgehead atoms. The average Bonchev–Trinajstić information content (AvgIpc) is 3.05. The minimum absolute atomic E-state index is 0.0131. The summed E-state index contributed by atoms with van der Waals surface area (Å²) in [5, 5.41) is 0.239. The Bertz CT molecular complexity index is 956. The summed E-state index contributed by atoms with van der Waals surface area (Å²) in [6.07, 6.45) is 2.77. The number of rotatable bonds is 6. The van der Waals surface area contributed by atoms with E-state index in [0.717, 1.165) is 5.56 Å². The molecule has 2 aromatic rings. The monoisotopic (exact) mass is 444 g/mol. The standard InChI is InChI=1S/C18H18Cl2N2O5S/c1-26-18(23)16-8-14(11-22(16)10-12-3-2-6-21-9-12)27-28(24,25)17-7-13(19)4-5-15(17)20/h2-7,9,14,16H,8,10-11H2,1H3/t14-,16-/m0/s1. The minimum atomic E-state index is -4.16. The van der Waals surface area contributed by atoms with Crippen molar-refractivity contribution in [1.29, 1.82) is 0 Å². The van der Waals surface area contributed by atoms with Gasteiger partial charge in [0.25, 0.3) is 10.1 Å².